The molecule has 7 heteroatoms. The van der Waals surface area contributed by atoms with Gasteiger partial charge in [0.15, 0.2) is 17.5 Å². The molecule has 4 rings (SSSR count). The van der Waals surface area contributed by atoms with Crippen molar-refractivity contribution >= 4 is 46.6 Å². The molecular formula is C21H24IN3O3. The number of hydrogen-bond donors (Lipinski definition) is 2. The second kappa shape index (κ2) is 9.18. The van der Waals surface area contributed by atoms with E-state index in [9.17, 15) is 0 Å². The first-order chi connectivity index (χ1) is 13.2. The second-order valence-electron chi connectivity index (χ2n) is 6.41. The van der Waals surface area contributed by atoms with Crippen LogP contribution in [0.25, 0.3) is 11.0 Å². The molecule has 28 heavy (non-hydrogen) atoms. The average Bonchev–Trinajstić information content (AvgIpc) is 2.86. The second-order valence-corrected chi connectivity index (χ2v) is 6.41. The predicted molar refractivity (Wildman–Crippen MR) is 122 cm³/mol. The molecule has 3 aromatic rings. The van der Waals surface area contributed by atoms with Crippen LogP contribution in [0.2, 0.25) is 0 Å². The maximum Gasteiger partial charge on any atom is 0.195 e. The minimum Gasteiger partial charge on any atom is -0.490 e. The molecule has 2 aromatic carbocycles. The number of furan rings is 1. The van der Waals surface area contributed by atoms with E-state index < -0.39 is 0 Å². The van der Waals surface area contributed by atoms with Gasteiger partial charge in [0.1, 0.15) is 11.3 Å². The van der Waals surface area contributed by atoms with E-state index >= 15 is 0 Å². The third-order valence-electron chi connectivity index (χ3n) is 4.59. The Morgan fingerprint density at radius 1 is 1.07 bits per heavy atom. The van der Waals surface area contributed by atoms with Gasteiger partial charge in [0.2, 0.25) is 0 Å². The van der Waals surface area contributed by atoms with Crippen LogP contribution in [0.15, 0.2) is 51.9 Å². The van der Waals surface area contributed by atoms with E-state index in [4.69, 9.17) is 13.9 Å². The number of aryl methyl sites for hydroxylation is 1. The molecule has 1 aliphatic rings. The van der Waals surface area contributed by atoms with Crippen LogP contribution in [-0.4, -0.2) is 26.2 Å². The number of rotatable bonds is 3. The summed E-state index contributed by atoms with van der Waals surface area (Å²) in [5.74, 6) is 3.09. The van der Waals surface area contributed by atoms with Gasteiger partial charge in [-0.1, -0.05) is 18.2 Å². The molecule has 0 aliphatic carbocycles. The van der Waals surface area contributed by atoms with Gasteiger partial charge in [0.25, 0.3) is 0 Å². The molecule has 0 atom stereocenters. The van der Waals surface area contributed by atoms with Crippen LogP contribution in [0.4, 0.5) is 5.69 Å². The minimum atomic E-state index is 0. The van der Waals surface area contributed by atoms with Crippen molar-refractivity contribution in [3.63, 3.8) is 0 Å². The number of para-hydroxylation sites is 1. The van der Waals surface area contributed by atoms with Crippen LogP contribution < -0.4 is 20.1 Å². The fourth-order valence-electron chi connectivity index (χ4n) is 3.11. The number of hydrogen-bond acceptors (Lipinski definition) is 4. The monoisotopic (exact) mass is 493 g/mol. The predicted octanol–water partition coefficient (Wildman–Crippen LogP) is 4.71. The van der Waals surface area contributed by atoms with E-state index in [2.05, 4.69) is 28.6 Å². The maximum absolute atomic E-state index is 5.95. The highest BCUT2D eigenvalue weighted by molar-refractivity contribution is 14.0. The van der Waals surface area contributed by atoms with Gasteiger partial charge in [-0.15, -0.1) is 24.0 Å². The van der Waals surface area contributed by atoms with Crippen LogP contribution in [-0.2, 0) is 6.54 Å². The summed E-state index contributed by atoms with van der Waals surface area (Å²) in [5, 5.41) is 7.72. The van der Waals surface area contributed by atoms with E-state index in [0.717, 1.165) is 45.9 Å². The third kappa shape index (κ3) is 4.35. The lowest BCUT2D eigenvalue weighted by Gasteiger charge is -2.13. The topological polar surface area (TPSA) is 68.0 Å². The van der Waals surface area contributed by atoms with Crippen molar-refractivity contribution in [1.82, 2.24) is 5.32 Å². The van der Waals surface area contributed by atoms with Gasteiger partial charge < -0.3 is 24.5 Å². The quantitative estimate of drug-likeness (QED) is 0.315. The molecule has 6 nitrogen and oxygen atoms in total. The van der Waals surface area contributed by atoms with E-state index in [1.807, 2.05) is 36.4 Å². The SMILES string of the molecule is CN=C(NCc1oc2ccccc2c1C)Nc1ccc2c(c1)OCCCO2.I. The minimum absolute atomic E-state index is 0. The van der Waals surface area contributed by atoms with Crippen LogP contribution in [0.3, 0.4) is 0 Å². The number of ether oxygens (including phenoxy) is 2. The Kier molecular flexibility index (Phi) is 6.66. The van der Waals surface area contributed by atoms with Crippen LogP contribution in [0.5, 0.6) is 11.5 Å². The van der Waals surface area contributed by atoms with E-state index in [1.54, 1.807) is 7.05 Å². The highest BCUT2D eigenvalue weighted by atomic mass is 127. The number of aliphatic imine (C=N–C) groups is 1. The van der Waals surface area contributed by atoms with Crippen molar-refractivity contribution in [2.45, 2.75) is 19.9 Å². The van der Waals surface area contributed by atoms with Crippen molar-refractivity contribution in [2.75, 3.05) is 25.6 Å². The number of anilines is 1. The van der Waals surface area contributed by atoms with E-state index in [0.29, 0.717) is 25.7 Å². The fourth-order valence-corrected chi connectivity index (χ4v) is 3.11. The number of halogens is 1. The third-order valence-corrected chi connectivity index (χ3v) is 4.59. The van der Waals surface area contributed by atoms with Crippen molar-refractivity contribution in [1.29, 1.82) is 0 Å². The van der Waals surface area contributed by atoms with Gasteiger partial charge in [-0.05, 0) is 25.1 Å². The molecular weight excluding hydrogens is 469 g/mol. The summed E-state index contributed by atoms with van der Waals surface area (Å²) in [7, 11) is 1.74. The Balaban J connectivity index is 0.00000225. The van der Waals surface area contributed by atoms with Gasteiger partial charge in [-0.25, -0.2) is 0 Å². The molecule has 0 unspecified atom stereocenters. The normalized spacial score (nSPS) is 13.6. The summed E-state index contributed by atoms with van der Waals surface area (Å²) in [6.07, 6.45) is 0.886. The molecule has 0 bridgehead atoms. The van der Waals surface area contributed by atoms with Crippen molar-refractivity contribution in [2.24, 2.45) is 4.99 Å². The molecule has 0 radical (unpaired) electrons. The Hall–Kier alpha value is -2.42. The van der Waals surface area contributed by atoms with E-state index in [1.165, 1.54) is 0 Å². The van der Waals surface area contributed by atoms with Crippen LogP contribution >= 0.6 is 24.0 Å². The zero-order chi connectivity index (χ0) is 18.6. The lowest BCUT2D eigenvalue weighted by atomic mass is 10.1. The highest BCUT2D eigenvalue weighted by Gasteiger charge is 2.13. The molecule has 1 aromatic heterocycles. The molecule has 2 heterocycles. The molecule has 148 valence electrons. The molecule has 0 saturated carbocycles. The number of nitrogens with one attached hydrogen (secondary N) is 2. The Bertz CT molecular complexity index is 984. The maximum atomic E-state index is 5.95. The standard InChI is InChI=1S/C21H23N3O3.HI/c1-14-16-6-3-4-7-17(16)27-20(14)13-23-21(22-2)24-15-8-9-18-19(12-15)26-11-5-10-25-18;/h3-4,6-9,12H,5,10-11,13H2,1-2H3,(H2,22,23,24);1H. The summed E-state index contributed by atoms with van der Waals surface area (Å²) in [6.45, 7) is 3.96. The summed E-state index contributed by atoms with van der Waals surface area (Å²) >= 11 is 0. The Morgan fingerprint density at radius 3 is 2.64 bits per heavy atom. The lowest BCUT2D eigenvalue weighted by Crippen LogP contribution is -2.30. The summed E-state index contributed by atoms with van der Waals surface area (Å²) in [6, 6.07) is 13.9. The van der Waals surface area contributed by atoms with Crippen molar-refractivity contribution in [3.05, 3.63) is 53.8 Å². The van der Waals surface area contributed by atoms with Crippen LogP contribution in [0.1, 0.15) is 17.7 Å². The highest BCUT2D eigenvalue weighted by Crippen LogP contribution is 2.32. The molecule has 0 amide bonds. The first kappa shape index (κ1) is 20.3. The largest absolute Gasteiger partial charge is 0.490 e. The Morgan fingerprint density at radius 2 is 1.86 bits per heavy atom. The molecule has 1 aliphatic heterocycles. The molecule has 0 spiro atoms. The average molecular weight is 493 g/mol. The van der Waals surface area contributed by atoms with Gasteiger partial charge in [0.05, 0.1) is 19.8 Å². The van der Waals surface area contributed by atoms with Gasteiger partial charge in [0, 0.05) is 36.2 Å². The number of guanidine groups is 1. The zero-order valence-electron chi connectivity index (χ0n) is 16.0. The first-order valence-electron chi connectivity index (χ1n) is 9.09. The van der Waals surface area contributed by atoms with Crippen molar-refractivity contribution in [3.8, 4) is 11.5 Å². The van der Waals surface area contributed by atoms with Gasteiger partial charge in [-0.2, -0.15) is 0 Å². The summed E-state index contributed by atoms with van der Waals surface area (Å²) in [5.41, 5.74) is 2.93. The molecule has 0 fully saturated rings. The summed E-state index contributed by atoms with van der Waals surface area (Å²) in [4.78, 5) is 4.29. The number of fused-ring (bicyclic) bond motifs is 2. The number of nitrogens with zero attached hydrogens (tertiary/aromatic N) is 1. The fraction of sp³-hybridized carbons (Fsp3) is 0.286. The first-order valence-corrected chi connectivity index (χ1v) is 9.09. The van der Waals surface area contributed by atoms with Gasteiger partial charge >= 0.3 is 0 Å². The lowest BCUT2D eigenvalue weighted by molar-refractivity contribution is 0.297. The summed E-state index contributed by atoms with van der Waals surface area (Å²) < 4.78 is 17.4. The molecule has 2 N–H and O–H groups in total. The van der Waals surface area contributed by atoms with Crippen molar-refractivity contribution < 1.29 is 13.9 Å². The van der Waals surface area contributed by atoms with Gasteiger partial charge in [-0.3, -0.25) is 4.99 Å². The Labute approximate surface area is 181 Å². The van der Waals surface area contributed by atoms with Crippen LogP contribution in [0, 0.1) is 6.92 Å². The number of benzene rings is 2. The molecule has 0 saturated heterocycles. The smallest absolute Gasteiger partial charge is 0.195 e. The zero-order valence-corrected chi connectivity index (χ0v) is 18.3. The van der Waals surface area contributed by atoms with E-state index in [-0.39, 0.29) is 24.0 Å².